The molecule has 9 aromatic rings. The molecule has 0 saturated heterocycles. The standard InChI is InChI=1S/C53H37N7/c1-3-55-49(54-2)41-24-20-38(21-25-41)45-30-43(36-14-7-4-8-15-36)32-47(34-45)52-58-51(40-18-11-6-12-19-40)59-53(60-52)48-33-44(37-16-9-5-10-17-37)31-46(35-48)39-22-26-42(27-23-39)50-56-28-13-29-57-50/h3-35H,1-2H2/b55-49-. The van der Waals surface area contributed by atoms with Gasteiger partial charge in [0.05, 0.1) is 0 Å². The van der Waals surface area contributed by atoms with E-state index >= 15 is 0 Å². The van der Waals surface area contributed by atoms with Gasteiger partial charge in [-0.3, -0.25) is 0 Å². The van der Waals surface area contributed by atoms with Crippen LogP contribution in [0.2, 0.25) is 0 Å². The third-order valence-corrected chi connectivity index (χ3v) is 10.1. The quantitative estimate of drug-likeness (QED) is 0.102. The Kier molecular flexibility index (Phi) is 10.6. The molecule has 0 aliphatic carbocycles. The van der Waals surface area contributed by atoms with E-state index in [1.165, 1.54) is 6.20 Å². The van der Waals surface area contributed by atoms with E-state index in [4.69, 9.17) is 15.0 Å². The zero-order chi connectivity index (χ0) is 40.7. The first kappa shape index (κ1) is 37.3. The molecule has 0 aliphatic rings. The lowest BCUT2D eigenvalue weighted by Crippen LogP contribution is -2.01. The SMILES string of the molecule is C=C/N=C(\N=C)c1ccc(-c2cc(-c3ccccc3)cc(-c3nc(-c4ccccc4)nc(-c4cc(-c5ccccc5)cc(-c5ccc(-c6ncccn6)cc5)c4)n3)c2)cc1. The fourth-order valence-corrected chi connectivity index (χ4v) is 7.16. The Morgan fingerprint density at radius 1 is 0.367 bits per heavy atom. The summed E-state index contributed by atoms with van der Waals surface area (Å²) in [4.78, 5) is 32.8. The summed E-state index contributed by atoms with van der Waals surface area (Å²) in [6, 6.07) is 62.1. The molecule has 7 heteroatoms. The van der Waals surface area contributed by atoms with E-state index in [0.717, 1.165) is 72.3 Å². The van der Waals surface area contributed by atoms with Crippen LogP contribution in [0.25, 0.3) is 90.1 Å². The van der Waals surface area contributed by atoms with E-state index in [2.05, 4.69) is 142 Å². The third-order valence-electron chi connectivity index (χ3n) is 10.1. The summed E-state index contributed by atoms with van der Waals surface area (Å²) in [6.45, 7) is 7.41. The van der Waals surface area contributed by atoms with Gasteiger partial charge in [0.1, 0.15) is 0 Å². The summed E-state index contributed by atoms with van der Waals surface area (Å²) in [6.07, 6.45) is 4.98. The minimum absolute atomic E-state index is 0.514. The van der Waals surface area contributed by atoms with Gasteiger partial charge in [-0.15, -0.1) is 0 Å². The van der Waals surface area contributed by atoms with Gasteiger partial charge >= 0.3 is 0 Å². The minimum atomic E-state index is 0.514. The number of benzene rings is 7. The van der Waals surface area contributed by atoms with Crippen LogP contribution in [-0.4, -0.2) is 37.5 Å². The van der Waals surface area contributed by atoms with Crippen molar-refractivity contribution in [1.82, 2.24) is 24.9 Å². The third kappa shape index (κ3) is 8.09. The number of amidine groups is 1. The maximum Gasteiger partial charge on any atom is 0.164 e. The fraction of sp³-hybridized carbons (Fsp3) is 0. The Morgan fingerprint density at radius 2 is 0.717 bits per heavy atom. The molecule has 0 saturated carbocycles. The number of hydrogen-bond donors (Lipinski definition) is 0. The highest BCUT2D eigenvalue weighted by atomic mass is 15.0. The first-order valence-electron chi connectivity index (χ1n) is 19.5. The van der Waals surface area contributed by atoms with Gasteiger partial charge in [0.2, 0.25) is 0 Å². The molecule has 2 aromatic heterocycles. The highest BCUT2D eigenvalue weighted by Crippen LogP contribution is 2.36. The van der Waals surface area contributed by atoms with Crippen molar-refractivity contribution >= 4 is 12.6 Å². The zero-order valence-corrected chi connectivity index (χ0v) is 32.6. The van der Waals surface area contributed by atoms with E-state index in [1.54, 1.807) is 12.4 Å². The first-order chi connectivity index (χ1) is 29.6. The Bertz CT molecular complexity index is 2970. The van der Waals surface area contributed by atoms with Crippen LogP contribution in [-0.2, 0) is 0 Å². The highest BCUT2D eigenvalue weighted by molar-refractivity contribution is 6.02. The van der Waals surface area contributed by atoms with Crippen molar-refractivity contribution in [2.24, 2.45) is 9.98 Å². The Labute approximate surface area is 349 Å². The smallest absolute Gasteiger partial charge is 0.164 e. The van der Waals surface area contributed by atoms with E-state index in [0.29, 0.717) is 29.1 Å². The van der Waals surface area contributed by atoms with E-state index in [1.807, 2.05) is 72.8 Å². The molecule has 2 heterocycles. The monoisotopic (exact) mass is 771 g/mol. The Hall–Kier alpha value is -8.29. The molecular weight excluding hydrogens is 735 g/mol. The maximum absolute atomic E-state index is 5.28. The van der Waals surface area contributed by atoms with E-state index < -0.39 is 0 Å². The van der Waals surface area contributed by atoms with Crippen molar-refractivity contribution in [3.05, 3.63) is 213 Å². The summed E-state index contributed by atoms with van der Waals surface area (Å²) in [5, 5.41) is 0. The van der Waals surface area contributed by atoms with Crippen LogP contribution in [0.3, 0.4) is 0 Å². The van der Waals surface area contributed by atoms with Crippen LogP contribution in [0.1, 0.15) is 5.56 Å². The van der Waals surface area contributed by atoms with Crippen molar-refractivity contribution in [3.63, 3.8) is 0 Å². The van der Waals surface area contributed by atoms with Crippen LogP contribution >= 0.6 is 0 Å². The first-order valence-corrected chi connectivity index (χ1v) is 19.5. The average Bonchev–Trinajstić information content (AvgIpc) is 3.34. The molecule has 60 heavy (non-hydrogen) atoms. The van der Waals surface area contributed by atoms with E-state index in [-0.39, 0.29) is 0 Å². The molecule has 0 N–H and O–H groups in total. The van der Waals surface area contributed by atoms with Crippen LogP contribution in [0.4, 0.5) is 0 Å². The second-order valence-corrected chi connectivity index (χ2v) is 14.0. The van der Waals surface area contributed by atoms with Crippen LogP contribution in [0.15, 0.2) is 217 Å². The number of nitrogens with zero attached hydrogens (tertiary/aromatic N) is 7. The molecule has 0 bridgehead atoms. The normalized spacial score (nSPS) is 11.2. The van der Waals surface area contributed by atoms with Crippen LogP contribution in [0, 0.1) is 0 Å². The summed E-state index contributed by atoms with van der Waals surface area (Å²) < 4.78 is 0. The molecule has 7 aromatic carbocycles. The van der Waals surface area contributed by atoms with Gasteiger partial charge < -0.3 is 0 Å². The molecule has 7 nitrogen and oxygen atoms in total. The van der Waals surface area contributed by atoms with Gasteiger partial charge in [-0.2, -0.15) is 0 Å². The summed E-state index contributed by atoms with van der Waals surface area (Å²) >= 11 is 0. The molecule has 0 spiro atoms. The van der Waals surface area contributed by atoms with Crippen molar-refractivity contribution < 1.29 is 0 Å². The topological polar surface area (TPSA) is 89.2 Å². The average molecular weight is 772 g/mol. The maximum atomic E-state index is 5.28. The van der Waals surface area contributed by atoms with Crippen molar-refractivity contribution in [1.29, 1.82) is 0 Å². The van der Waals surface area contributed by atoms with Crippen molar-refractivity contribution in [2.45, 2.75) is 0 Å². The number of aliphatic imine (C=N–C) groups is 2. The number of hydrogen-bond acceptors (Lipinski definition) is 6. The lowest BCUT2D eigenvalue weighted by molar-refractivity contribution is 1.07. The van der Waals surface area contributed by atoms with Crippen molar-refractivity contribution in [3.8, 4) is 90.1 Å². The zero-order valence-electron chi connectivity index (χ0n) is 32.6. The Morgan fingerprint density at radius 3 is 1.15 bits per heavy atom. The van der Waals surface area contributed by atoms with Gasteiger partial charge in [0, 0.05) is 46.4 Å². The molecule has 284 valence electrons. The molecule has 0 atom stereocenters. The molecular formula is C53H37N7. The molecule has 9 rings (SSSR count). The number of aromatic nitrogens is 5. The predicted octanol–water partition coefficient (Wildman–Crippen LogP) is 12.6. The molecule has 0 amide bonds. The fourth-order valence-electron chi connectivity index (χ4n) is 7.16. The lowest BCUT2D eigenvalue weighted by atomic mass is 9.94. The van der Waals surface area contributed by atoms with Gasteiger partial charge in [-0.05, 0) is 93.7 Å². The highest BCUT2D eigenvalue weighted by Gasteiger charge is 2.17. The molecule has 0 fully saturated rings. The lowest BCUT2D eigenvalue weighted by Gasteiger charge is -2.14. The minimum Gasteiger partial charge on any atom is -0.245 e. The van der Waals surface area contributed by atoms with Gasteiger partial charge in [-0.1, -0.05) is 146 Å². The summed E-state index contributed by atoms with van der Waals surface area (Å²) in [5.41, 5.74) is 12.8. The van der Waals surface area contributed by atoms with Crippen LogP contribution < -0.4 is 0 Å². The summed E-state index contributed by atoms with van der Waals surface area (Å²) in [7, 11) is 0. The second kappa shape index (κ2) is 17.1. The largest absolute Gasteiger partial charge is 0.245 e. The van der Waals surface area contributed by atoms with Gasteiger partial charge in [0.25, 0.3) is 0 Å². The Balaban J connectivity index is 1.22. The molecule has 0 radical (unpaired) electrons. The van der Waals surface area contributed by atoms with E-state index in [9.17, 15) is 0 Å². The van der Waals surface area contributed by atoms with Gasteiger partial charge in [-0.25, -0.2) is 34.9 Å². The molecule has 0 unspecified atom stereocenters. The van der Waals surface area contributed by atoms with Crippen molar-refractivity contribution in [2.75, 3.05) is 0 Å². The second-order valence-electron chi connectivity index (χ2n) is 14.0. The summed E-state index contributed by atoms with van der Waals surface area (Å²) in [5.74, 6) is 2.90. The van der Waals surface area contributed by atoms with Gasteiger partial charge in [0.15, 0.2) is 29.1 Å². The number of rotatable bonds is 10. The molecule has 0 aliphatic heterocycles. The van der Waals surface area contributed by atoms with Crippen LogP contribution in [0.5, 0.6) is 0 Å². The predicted molar refractivity (Wildman–Crippen MR) is 245 cm³/mol.